The van der Waals surface area contributed by atoms with Crippen molar-refractivity contribution in [1.82, 2.24) is 5.32 Å². The topological polar surface area (TPSA) is 12.0 Å². The predicted molar refractivity (Wildman–Crippen MR) is 77.0 cm³/mol. The van der Waals surface area contributed by atoms with Crippen LogP contribution in [0.5, 0.6) is 0 Å². The van der Waals surface area contributed by atoms with Crippen molar-refractivity contribution >= 4 is 15.9 Å². The number of benzene rings is 1. The zero-order valence-electron chi connectivity index (χ0n) is 10.7. The van der Waals surface area contributed by atoms with Gasteiger partial charge in [-0.3, -0.25) is 0 Å². The van der Waals surface area contributed by atoms with Gasteiger partial charge in [0, 0.05) is 17.1 Å². The first-order valence-corrected chi connectivity index (χ1v) is 7.72. The van der Waals surface area contributed by atoms with Gasteiger partial charge in [0.15, 0.2) is 0 Å². The van der Waals surface area contributed by atoms with E-state index < -0.39 is 0 Å². The van der Waals surface area contributed by atoms with Crippen molar-refractivity contribution in [3.63, 3.8) is 0 Å². The third kappa shape index (κ3) is 4.36. The summed E-state index contributed by atoms with van der Waals surface area (Å²) in [7, 11) is 0. The fourth-order valence-corrected chi connectivity index (χ4v) is 2.98. The van der Waals surface area contributed by atoms with E-state index in [4.69, 9.17) is 0 Å². The highest BCUT2D eigenvalue weighted by Gasteiger charge is 2.11. The molecule has 0 aromatic heterocycles. The van der Waals surface area contributed by atoms with E-state index >= 15 is 0 Å². The fraction of sp³-hybridized carbons (Fsp3) is 0.600. The van der Waals surface area contributed by atoms with Gasteiger partial charge >= 0.3 is 0 Å². The lowest BCUT2D eigenvalue weighted by Gasteiger charge is -2.21. The lowest BCUT2D eigenvalue weighted by Crippen LogP contribution is -2.29. The molecule has 1 aliphatic carbocycles. The maximum Gasteiger partial charge on any atom is 0.123 e. The standard InChI is InChI=1S/C15H21BrFN/c16-15-9-8-13(17)10-12(15)11-18-14-6-4-2-1-3-5-7-14/h8-10,14,18H,1-7,11H2. The number of rotatable bonds is 3. The molecule has 0 amide bonds. The third-order valence-corrected chi connectivity index (χ3v) is 4.47. The number of hydrogen-bond donors (Lipinski definition) is 1. The van der Waals surface area contributed by atoms with E-state index in [2.05, 4.69) is 21.2 Å². The Bertz CT molecular complexity index is 373. The van der Waals surface area contributed by atoms with Gasteiger partial charge in [-0.2, -0.15) is 0 Å². The Labute approximate surface area is 117 Å². The summed E-state index contributed by atoms with van der Waals surface area (Å²) < 4.78 is 14.2. The molecule has 1 N–H and O–H groups in total. The second kappa shape index (κ2) is 7.25. The molecule has 0 heterocycles. The number of hydrogen-bond acceptors (Lipinski definition) is 1. The van der Waals surface area contributed by atoms with Crippen LogP contribution in [0, 0.1) is 5.82 Å². The molecule has 1 fully saturated rings. The Morgan fingerprint density at radius 2 is 1.78 bits per heavy atom. The first-order valence-electron chi connectivity index (χ1n) is 6.93. The summed E-state index contributed by atoms with van der Waals surface area (Å²) >= 11 is 3.48. The summed E-state index contributed by atoms with van der Waals surface area (Å²) in [5.41, 5.74) is 1.01. The first-order chi connectivity index (χ1) is 8.75. The van der Waals surface area contributed by atoms with Gasteiger partial charge in [-0.25, -0.2) is 4.39 Å². The van der Waals surface area contributed by atoms with Crippen LogP contribution in [-0.4, -0.2) is 6.04 Å². The number of halogens is 2. The van der Waals surface area contributed by atoms with Gasteiger partial charge in [-0.05, 0) is 36.6 Å². The molecule has 0 atom stereocenters. The molecule has 1 aromatic carbocycles. The van der Waals surface area contributed by atoms with Gasteiger partial charge in [-0.15, -0.1) is 0 Å². The SMILES string of the molecule is Fc1ccc(Br)c(CNC2CCCCCCC2)c1. The van der Waals surface area contributed by atoms with Gasteiger partial charge < -0.3 is 5.32 Å². The van der Waals surface area contributed by atoms with Crippen LogP contribution in [0.25, 0.3) is 0 Å². The lowest BCUT2D eigenvalue weighted by molar-refractivity contribution is 0.388. The highest BCUT2D eigenvalue weighted by atomic mass is 79.9. The Morgan fingerprint density at radius 3 is 2.50 bits per heavy atom. The molecule has 1 saturated carbocycles. The van der Waals surface area contributed by atoms with Crippen molar-refractivity contribution in [2.45, 2.75) is 57.5 Å². The van der Waals surface area contributed by atoms with Crippen LogP contribution in [-0.2, 0) is 6.54 Å². The molecule has 0 aliphatic heterocycles. The summed E-state index contributed by atoms with van der Waals surface area (Å²) in [5.74, 6) is -0.160. The van der Waals surface area contributed by atoms with Crippen molar-refractivity contribution in [1.29, 1.82) is 0 Å². The monoisotopic (exact) mass is 313 g/mol. The molecule has 100 valence electrons. The van der Waals surface area contributed by atoms with Crippen molar-refractivity contribution in [2.75, 3.05) is 0 Å². The third-order valence-electron chi connectivity index (χ3n) is 3.69. The van der Waals surface area contributed by atoms with Crippen LogP contribution in [0.1, 0.15) is 50.5 Å². The van der Waals surface area contributed by atoms with Gasteiger partial charge in [0.25, 0.3) is 0 Å². The van der Waals surface area contributed by atoms with Crippen LogP contribution in [0.15, 0.2) is 22.7 Å². The summed E-state index contributed by atoms with van der Waals surface area (Å²) in [4.78, 5) is 0. The molecule has 18 heavy (non-hydrogen) atoms. The predicted octanol–water partition coefficient (Wildman–Crippen LogP) is 4.79. The zero-order valence-corrected chi connectivity index (χ0v) is 12.3. The average molecular weight is 314 g/mol. The van der Waals surface area contributed by atoms with Gasteiger partial charge in [0.2, 0.25) is 0 Å². The minimum atomic E-state index is -0.160. The molecule has 0 unspecified atom stereocenters. The normalized spacial score (nSPS) is 18.3. The molecule has 1 aliphatic rings. The summed E-state index contributed by atoms with van der Waals surface area (Å²) in [6.45, 7) is 0.753. The molecular weight excluding hydrogens is 293 g/mol. The fourth-order valence-electron chi connectivity index (χ4n) is 2.59. The van der Waals surface area contributed by atoms with Crippen LogP contribution in [0.2, 0.25) is 0 Å². The van der Waals surface area contributed by atoms with Gasteiger partial charge in [0.1, 0.15) is 5.82 Å². The second-order valence-corrected chi connectivity index (χ2v) is 6.01. The molecule has 0 spiro atoms. The molecule has 2 rings (SSSR count). The first kappa shape index (κ1) is 14.0. The van der Waals surface area contributed by atoms with Crippen molar-refractivity contribution in [2.24, 2.45) is 0 Å². The van der Waals surface area contributed by atoms with E-state index in [0.717, 1.165) is 16.6 Å². The molecule has 0 bridgehead atoms. The maximum absolute atomic E-state index is 13.2. The Balaban J connectivity index is 1.87. The van der Waals surface area contributed by atoms with E-state index in [1.807, 2.05) is 0 Å². The van der Waals surface area contributed by atoms with Crippen LogP contribution in [0.4, 0.5) is 4.39 Å². The highest BCUT2D eigenvalue weighted by Crippen LogP contribution is 2.20. The van der Waals surface area contributed by atoms with Crippen LogP contribution >= 0.6 is 15.9 Å². The molecule has 0 radical (unpaired) electrons. The smallest absolute Gasteiger partial charge is 0.123 e. The van der Waals surface area contributed by atoms with Crippen molar-refractivity contribution in [3.05, 3.63) is 34.1 Å². The van der Waals surface area contributed by atoms with Gasteiger partial charge in [0.05, 0.1) is 0 Å². The molecule has 3 heteroatoms. The Hall–Kier alpha value is -0.410. The highest BCUT2D eigenvalue weighted by molar-refractivity contribution is 9.10. The summed E-state index contributed by atoms with van der Waals surface area (Å²) in [6.07, 6.45) is 9.27. The van der Waals surface area contributed by atoms with E-state index in [9.17, 15) is 4.39 Å². The second-order valence-electron chi connectivity index (χ2n) is 5.16. The van der Waals surface area contributed by atoms with E-state index in [-0.39, 0.29) is 5.82 Å². The quantitative estimate of drug-likeness (QED) is 0.846. The minimum absolute atomic E-state index is 0.160. The average Bonchev–Trinajstić information content (AvgIpc) is 2.32. The molecule has 1 aromatic rings. The summed E-state index contributed by atoms with van der Waals surface area (Å²) in [6, 6.07) is 5.48. The molecular formula is C15H21BrFN. The lowest BCUT2D eigenvalue weighted by atomic mass is 9.96. The Morgan fingerprint density at radius 1 is 1.11 bits per heavy atom. The summed E-state index contributed by atoms with van der Waals surface area (Å²) in [5, 5.41) is 3.58. The number of nitrogens with one attached hydrogen (secondary N) is 1. The zero-order chi connectivity index (χ0) is 12.8. The Kier molecular flexibility index (Phi) is 5.64. The van der Waals surface area contributed by atoms with E-state index in [1.165, 1.54) is 51.0 Å². The minimum Gasteiger partial charge on any atom is -0.310 e. The maximum atomic E-state index is 13.2. The van der Waals surface area contributed by atoms with E-state index in [0.29, 0.717) is 6.04 Å². The largest absolute Gasteiger partial charge is 0.310 e. The molecule has 0 saturated heterocycles. The molecule has 1 nitrogen and oxygen atoms in total. The van der Waals surface area contributed by atoms with Crippen molar-refractivity contribution < 1.29 is 4.39 Å². The van der Waals surface area contributed by atoms with E-state index in [1.54, 1.807) is 12.1 Å². The van der Waals surface area contributed by atoms with Crippen molar-refractivity contribution in [3.8, 4) is 0 Å². The van der Waals surface area contributed by atoms with Crippen LogP contribution in [0.3, 0.4) is 0 Å². The van der Waals surface area contributed by atoms with Crippen LogP contribution < -0.4 is 5.32 Å². The van der Waals surface area contributed by atoms with Gasteiger partial charge in [-0.1, -0.05) is 48.0 Å².